The molecule has 2 aromatic rings. The summed E-state index contributed by atoms with van der Waals surface area (Å²) in [6, 6.07) is 11.6. The van der Waals surface area contributed by atoms with Gasteiger partial charge in [0.1, 0.15) is 0 Å². The van der Waals surface area contributed by atoms with Crippen LogP contribution in [-0.2, 0) is 0 Å². The van der Waals surface area contributed by atoms with Gasteiger partial charge in [0.2, 0.25) is 0 Å². The Hall–Kier alpha value is -1.54. The SMILES string of the molecule is N#Cc1cccc(C(=O)Nc2c(Cl)cc(Br)cc2Cl)c1. The molecule has 1 amide bonds. The quantitative estimate of drug-likeness (QED) is 0.820. The summed E-state index contributed by atoms with van der Waals surface area (Å²) in [5.74, 6) is -0.381. The molecule has 6 heteroatoms. The Bertz CT molecular complexity index is 702. The first-order chi connectivity index (χ1) is 9.51. The summed E-state index contributed by atoms with van der Waals surface area (Å²) in [6.07, 6.45) is 0. The number of carbonyl (C=O) groups is 1. The lowest BCUT2D eigenvalue weighted by Gasteiger charge is -2.10. The van der Waals surface area contributed by atoms with E-state index in [1.807, 2.05) is 6.07 Å². The van der Waals surface area contributed by atoms with Crippen LogP contribution in [0.1, 0.15) is 15.9 Å². The van der Waals surface area contributed by atoms with Crippen LogP contribution in [0.3, 0.4) is 0 Å². The molecule has 100 valence electrons. The Kier molecular flexibility index (Phi) is 4.66. The fourth-order valence-corrected chi connectivity index (χ4v) is 2.88. The zero-order chi connectivity index (χ0) is 14.7. The third kappa shape index (κ3) is 3.31. The fraction of sp³-hybridized carbons (Fsp3) is 0. The number of benzene rings is 2. The number of nitrogens with zero attached hydrogens (tertiary/aromatic N) is 1. The number of amides is 1. The van der Waals surface area contributed by atoms with E-state index in [0.717, 1.165) is 4.47 Å². The van der Waals surface area contributed by atoms with Crippen molar-refractivity contribution in [3.63, 3.8) is 0 Å². The van der Waals surface area contributed by atoms with Crippen molar-refractivity contribution in [2.24, 2.45) is 0 Å². The number of carbonyl (C=O) groups excluding carboxylic acids is 1. The Morgan fingerprint density at radius 3 is 2.45 bits per heavy atom. The molecule has 2 rings (SSSR count). The Morgan fingerprint density at radius 1 is 1.20 bits per heavy atom. The second-order valence-electron chi connectivity index (χ2n) is 3.89. The molecular formula is C14H7BrCl2N2O. The van der Waals surface area contributed by atoms with Gasteiger partial charge in [-0.05, 0) is 30.3 Å². The van der Waals surface area contributed by atoms with Crippen molar-refractivity contribution in [3.05, 3.63) is 62.0 Å². The zero-order valence-electron chi connectivity index (χ0n) is 9.95. The number of nitrogens with one attached hydrogen (secondary N) is 1. The molecule has 0 aliphatic carbocycles. The van der Waals surface area contributed by atoms with Crippen molar-refractivity contribution in [2.75, 3.05) is 5.32 Å². The van der Waals surface area contributed by atoms with Crippen LogP contribution >= 0.6 is 39.1 Å². The van der Waals surface area contributed by atoms with Crippen LogP contribution < -0.4 is 5.32 Å². The molecular weight excluding hydrogens is 363 g/mol. The lowest BCUT2D eigenvalue weighted by Crippen LogP contribution is -2.12. The number of nitriles is 1. The standard InChI is InChI=1S/C14H7BrCl2N2O/c15-10-5-11(16)13(12(17)6-10)19-14(20)9-3-1-2-8(4-9)7-18/h1-6H,(H,19,20). The summed E-state index contributed by atoms with van der Waals surface area (Å²) in [4.78, 5) is 12.1. The van der Waals surface area contributed by atoms with E-state index in [4.69, 9.17) is 28.5 Å². The van der Waals surface area contributed by atoms with Crippen molar-refractivity contribution < 1.29 is 4.79 Å². The molecule has 0 unspecified atom stereocenters. The molecule has 3 nitrogen and oxygen atoms in total. The lowest BCUT2D eigenvalue weighted by molar-refractivity contribution is 0.102. The lowest BCUT2D eigenvalue weighted by atomic mass is 10.1. The first-order valence-corrected chi connectivity index (χ1v) is 7.02. The Labute approximate surface area is 134 Å². The summed E-state index contributed by atoms with van der Waals surface area (Å²) in [5, 5.41) is 12.1. The summed E-state index contributed by atoms with van der Waals surface area (Å²) in [5.41, 5.74) is 1.11. The summed E-state index contributed by atoms with van der Waals surface area (Å²) < 4.78 is 0.719. The normalized spacial score (nSPS) is 9.90. The van der Waals surface area contributed by atoms with E-state index in [2.05, 4.69) is 21.2 Å². The number of anilines is 1. The highest BCUT2D eigenvalue weighted by Crippen LogP contribution is 2.34. The van der Waals surface area contributed by atoms with Gasteiger partial charge in [0.25, 0.3) is 5.91 Å². The van der Waals surface area contributed by atoms with Crippen molar-refractivity contribution in [1.29, 1.82) is 5.26 Å². The number of rotatable bonds is 2. The predicted molar refractivity (Wildman–Crippen MR) is 83.3 cm³/mol. The number of halogens is 3. The number of hydrogen-bond donors (Lipinski definition) is 1. The molecule has 0 fully saturated rings. The maximum atomic E-state index is 12.1. The average Bonchev–Trinajstić information content (AvgIpc) is 2.42. The predicted octanol–water partition coefficient (Wildman–Crippen LogP) is 4.88. The first-order valence-electron chi connectivity index (χ1n) is 5.47. The maximum Gasteiger partial charge on any atom is 0.255 e. The van der Waals surface area contributed by atoms with Crippen LogP contribution in [0.15, 0.2) is 40.9 Å². The molecule has 20 heavy (non-hydrogen) atoms. The monoisotopic (exact) mass is 368 g/mol. The summed E-state index contributed by atoms with van der Waals surface area (Å²) in [6.45, 7) is 0. The van der Waals surface area contributed by atoms with E-state index in [0.29, 0.717) is 26.9 Å². The Morgan fingerprint density at radius 2 is 1.85 bits per heavy atom. The van der Waals surface area contributed by atoms with Crippen LogP contribution in [0.5, 0.6) is 0 Å². The van der Waals surface area contributed by atoms with Crippen molar-refractivity contribution in [1.82, 2.24) is 0 Å². The van der Waals surface area contributed by atoms with Crippen molar-refractivity contribution in [3.8, 4) is 6.07 Å². The van der Waals surface area contributed by atoms with E-state index in [9.17, 15) is 4.79 Å². The van der Waals surface area contributed by atoms with E-state index in [1.165, 1.54) is 6.07 Å². The highest BCUT2D eigenvalue weighted by molar-refractivity contribution is 9.10. The maximum absolute atomic E-state index is 12.1. The van der Waals surface area contributed by atoms with Gasteiger partial charge in [0.05, 0.1) is 27.4 Å². The van der Waals surface area contributed by atoms with E-state index in [1.54, 1.807) is 30.3 Å². The van der Waals surface area contributed by atoms with Gasteiger partial charge in [0.15, 0.2) is 0 Å². The van der Waals surface area contributed by atoms with Crippen LogP contribution in [0, 0.1) is 11.3 Å². The first kappa shape index (κ1) is 14.9. The van der Waals surface area contributed by atoms with Gasteiger partial charge in [-0.3, -0.25) is 4.79 Å². The van der Waals surface area contributed by atoms with Gasteiger partial charge >= 0.3 is 0 Å². The summed E-state index contributed by atoms with van der Waals surface area (Å²) >= 11 is 15.3. The van der Waals surface area contributed by atoms with E-state index < -0.39 is 0 Å². The highest BCUT2D eigenvalue weighted by Gasteiger charge is 2.13. The highest BCUT2D eigenvalue weighted by atomic mass is 79.9. The molecule has 0 aromatic heterocycles. The largest absolute Gasteiger partial charge is 0.319 e. The fourth-order valence-electron chi connectivity index (χ4n) is 1.58. The molecule has 0 saturated carbocycles. The summed E-state index contributed by atoms with van der Waals surface area (Å²) in [7, 11) is 0. The molecule has 1 N–H and O–H groups in total. The molecule has 0 bridgehead atoms. The van der Waals surface area contributed by atoms with Crippen LogP contribution in [0.2, 0.25) is 10.0 Å². The average molecular weight is 370 g/mol. The van der Waals surface area contributed by atoms with E-state index in [-0.39, 0.29) is 5.91 Å². The minimum Gasteiger partial charge on any atom is -0.319 e. The van der Waals surface area contributed by atoms with Crippen molar-refractivity contribution >= 4 is 50.7 Å². The van der Waals surface area contributed by atoms with Gasteiger partial charge in [0, 0.05) is 10.0 Å². The molecule has 0 aliphatic rings. The second kappa shape index (κ2) is 6.27. The number of hydrogen-bond acceptors (Lipinski definition) is 2. The topological polar surface area (TPSA) is 52.9 Å². The third-order valence-corrected chi connectivity index (χ3v) is 3.55. The van der Waals surface area contributed by atoms with Crippen LogP contribution in [0.4, 0.5) is 5.69 Å². The Balaban J connectivity index is 2.31. The van der Waals surface area contributed by atoms with Gasteiger partial charge in [-0.1, -0.05) is 45.2 Å². The van der Waals surface area contributed by atoms with Crippen LogP contribution in [-0.4, -0.2) is 5.91 Å². The molecule has 0 atom stereocenters. The minimum atomic E-state index is -0.381. The molecule has 0 heterocycles. The smallest absolute Gasteiger partial charge is 0.255 e. The molecule has 0 saturated heterocycles. The van der Waals surface area contributed by atoms with Gasteiger partial charge < -0.3 is 5.32 Å². The van der Waals surface area contributed by atoms with Crippen LogP contribution in [0.25, 0.3) is 0 Å². The molecule has 0 spiro atoms. The van der Waals surface area contributed by atoms with E-state index >= 15 is 0 Å². The van der Waals surface area contributed by atoms with Gasteiger partial charge in [-0.25, -0.2) is 0 Å². The van der Waals surface area contributed by atoms with Crippen molar-refractivity contribution in [2.45, 2.75) is 0 Å². The molecule has 0 radical (unpaired) electrons. The van der Waals surface area contributed by atoms with Gasteiger partial charge in [-0.15, -0.1) is 0 Å². The zero-order valence-corrected chi connectivity index (χ0v) is 13.1. The molecule has 2 aromatic carbocycles. The van der Waals surface area contributed by atoms with Gasteiger partial charge in [-0.2, -0.15) is 5.26 Å². The third-order valence-electron chi connectivity index (χ3n) is 2.50. The second-order valence-corrected chi connectivity index (χ2v) is 5.62. The minimum absolute atomic E-state index is 0.328. The molecule has 0 aliphatic heterocycles.